The summed E-state index contributed by atoms with van der Waals surface area (Å²) in [6, 6.07) is -3.05. The predicted molar refractivity (Wildman–Crippen MR) is 132 cm³/mol. The smallest absolute Gasteiger partial charge is 0.315 e. The van der Waals surface area contributed by atoms with Crippen LogP contribution in [0.1, 0.15) is 79.6 Å². The van der Waals surface area contributed by atoms with Crippen molar-refractivity contribution in [2.75, 3.05) is 6.54 Å². The van der Waals surface area contributed by atoms with Gasteiger partial charge in [0.15, 0.2) is 0 Å². The molecule has 4 unspecified atom stereocenters. The van der Waals surface area contributed by atoms with Crippen molar-refractivity contribution in [3.8, 4) is 0 Å². The Bertz CT molecular complexity index is 795. The van der Waals surface area contributed by atoms with Gasteiger partial charge in [-0.1, -0.05) is 47.0 Å². The Kier molecular flexibility index (Phi) is 10.5. The van der Waals surface area contributed by atoms with E-state index < -0.39 is 41.8 Å². The van der Waals surface area contributed by atoms with Gasteiger partial charge in [0.25, 0.3) is 5.91 Å². The minimum absolute atomic E-state index is 0.0668. The van der Waals surface area contributed by atoms with E-state index in [1.165, 1.54) is 4.90 Å². The first kappa shape index (κ1) is 28.6. The average Bonchev–Trinajstić information content (AvgIpc) is 3.24. The molecule has 1 saturated carbocycles. The fourth-order valence-corrected chi connectivity index (χ4v) is 4.44. The molecule has 1 saturated heterocycles. The van der Waals surface area contributed by atoms with E-state index in [-0.39, 0.29) is 23.8 Å². The van der Waals surface area contributed by atoms with Gasteiger partial charge in [0.05, 0.1) is 6.04 Å². The van der Waals surface area contributed by atoms with Gasteiger partial charge in [0.1, 0.15) is 12.1 Å². The molecule has 0 aromatic rings. The molecule has 2 rings (SSSR count). The summed E-state index contributed by atoms with van der Waals surface area (Å²) in [4.78, 5) is 64.4. The van der Waals surface area contributed by atoms with Crippen LogP contribution in [0.2, 0.25) is 0 Å². The lowest BCUT2D eigenvalue weighted by atomic mass is 9.81. The lowest BCUT2D eigenvalue weighted by molar-refractivity contribution is -0.142. The van der Waals surface area contributed by atoms with Crippen LogP contribution in [-0.4, -0.2) is 65.1 Å². The maximum atomic E-state index is 13.4. The van der Waals surface area contributed by atoms with Gasteiger partial charge in [-0.2, -0.15) is 0 Å². The number of amides is 5. The molecule has 5 N–H and O–H groups in total. The summed E-state index contributed by atoms with van der Waals surface area (Å²) in [5.74, 6) is -2.15. The summed E-state index contributed by atoms with van der Waals surface area (Å²) in [6.45, 7) is 9.93. The average molecular weight is 494 g/mol. The molecule has 1 aliphatic heterocycles. The normalized spacial score (nSPS) is 20.7. The minimum atomic E-state index is -1.08. The second kappa shape index (κ2) is 12.9. The van der Waals surface area contributed by atoms with Gasteiger partial charge in [0.2, 0.25) is 17.6 Å². The number of ketones is 1. The van der Waals surface area contributed by atoms with Crippen molar-refractivity contribution < 1.29 is 24.0 Å². The lowest BCUT2D eigenvalue weighted by Crippen LogP contribution is -2.58. The van der Waals surface area contributed by atoms with E-state index in [9.17, 15) is 24.0 Å². The van der Waals surface area contributed by atoms with Gasteiger partial charge in [0, 0.05) is 12.6 Å². The Balaban J connectivity index is 2.06. The number of likely N-dealkylation sites (tertiary alicyclic amines) is 1. The minimum Gasteiger partial charge on any atom is -0.363 e. The maximum absolute atomic E-state index is 13.4. The number of primary amides is 1. The molecule has 35 heavy (non-hydrogen) atoms. The Morgan fingerprint density at radius 1 is 0.886 bits per heavy atom. The summed E-state index contributed by atoms with van der Waals surface area (Å²) in [5, 5.41) is 8.31. The molecule has 0 spiro atoms. The topological polar surface area (TPSA) is 151 Å². The number of hydrogen-bond donors (Lipinski definition) is 4. The number of Topliss-reactive ketones (excluding diaryl/α,β-unsaturated/α-hetero) is 1. The van der Waals surface area contributed by atoms with Crippen molar-refractivity contribution in [1.82, 2.24) is 20.9 Å². The highest BCUT2D eigenvalue weighted by atomic mass is 16.2. The molecule has 0 aromatic carbocycles. The molecule has 2 aliphatic rings. The van der Waals surface area contributed by atoms with Crippen molar-refractivity contribution in [1.29, 1.82) is 0 Å². The number of urea groups is 1. The number of nitrogens with one attached hydrogen (secondary N) is 3. The van der Waals surface area contributed by atoms with Crippen LogP contribution < -0.4 is 21.7 Å². The number of hydrogen-bond acceptors (Lipinski definition) is 5. The van der Waals surface area contributed by atoms with Gasteiger partial charge in [-0.15, -0.1) is 0 Å². The van der Waals surface area contributed by atoms with Crippen LogP contribution in [0.15, 0.2) is 0 Å². The van der Waals surface area contributed by atoms with Gasteiger partial charge in [-0.3, -0.25) is 19.2 Å². The zero-order valence-electron chi connectivity index (χ0n) is 21.8. The van der Waals surface area contributed by atoms with Crippen LogP contribution in [-0.2, 0) is 19.2 Å². The summed E-state index contributed by atoms with van der Waals surface area (Å²) in [5.41, 5.74) is 5.22. The molecule has 0 radical (unpaired) electrons. The fraction of sp³-hybridized carbons (Fsp3) is 0.800. The van der Waals surface area contributed by atoms with Gasteiger partial charge in [-0.25, -0.2) is 4.79 Å². The highest BCUT2D eigenvalue weighted by molar-refractivity contribution is 6.37. The second-order valence-corrected chi connectivity index (χ2v) is 10.7. The molecular weight excluding hydrogens is 450 g/mol. The molecule has 1 aliphatic carbocycles. The van der Waals surface area contributed by atoms with E-state index in [1.54, 1.807) is 0 Å². The van der Waals surface area contributed by atoms with Crippen LogP contribution in [0.5, 0.6) is 0 Å². The zero-order valence-corrected chi connectivity index (χ0v) is 21.8. The number of carbonyl (C=O) groups is 5. The molecule has 2 fully saturated rings. The van der Waals surface area contributed by atoms with Gasteiger partial charge in [-0.05, 0) is 50.4 Å². The van der Waals surface area contributed by atoms with Crippen LogP contribution in [0, 0.1) is 17.8 Å². The van der Waals surface area contributed by atoms with Crippen LogP contribution in [0.3, 0.4) is 0 Å². The van der Waals surface area contributed by atoms with Gasteiger partial charge < -0.3 is 26.6 Å². The Morgan fingerprint density at radius 2 is 1.54 bits per heavy atom. The third kappa shape index (κ3) is 7.93. The molecular formula is C25H43N5O5. The van der Waals surface area contributed by atoms with Crippen molar-refractivity contribution in [2.24, 2.45) is 23.5 Å². The molecule has 1 heterocycles. The van der Waals surface area contributed by atoms with E-state index in [4.69, 9.17) is 5.73 Å². The number of nitrogens with zero attached hydrogens (tertiary/aromatic N) is 1. The Hall–Kier alpha value is -2.65. The molecule has 0 bridgehead atoms. The maximum Gasteiger partial charge on any atom is 0.315 e. The summed E-state index contributed by atoms with van der Waals surface area (Å²) < 4.78 is 0. The Morgan fingerprint density at radius 3 is 2.06 bits per heavy atom. The Labute approximate surface area is 208 Å². The first-order valence-corrected chi connectivity index (χ1v) is 12.9. The first-order valence-electron chi connectivity index (χ1n) is 12.9. The summed E-state index contributed by atoms with van der Waals surface area (Å²) in [6.07, 6.45) is 5.49. The van der Waals surface area contributed by atoms with Crippen molar-refractivity contribution in [2.45, 2.75) is 104 Å². The molecule has 10 nitrogen and oxygen atoms in total. The van der Waals surface area contributed by atoms with Crippen molar-refractivity contribution in [3.63, 3.8) is 0 Å². The fourth-order valence-electron chi connectivity index (χ4n) is 4.44. The highest BCUT2D eigenvalue weighted by Gasteiger charge is 2.40. The summed E-state index contributed by atoms with van der Waals surface area (Å²) >= 11 is 0. The van der Waals surface area contributed by atoms with E-state index in [1.807, 2.05) is 34.6 Å². The van der Waals surface area contributed by atoms with E-state index >= 15 is 0 Å². The van der Waals surface area contributed by atoms with Crippen LogP contribution in [0.4, 0.5) is 4.79 Å². The molecule has 0 aromatic heterocycles. The van der Waals surface area contributed by atoms with Crippen molar-refractivity contribution >= 4 is 29.5 Å². The number of carbonyl (C=O) groups excluding carboxylic acids is 5. The van der Waals surface area contributed by atoms with E-state index in [0.717, 1.165) is 25.7 Å². The molecule has 10 heteroatoms. The largest absolute Gasteiger partial charge is 0.363 e. The zero-order chi connectivity index (χ0) is 26.3. The van der Waals surface area contributed by atoms with Crippen LogP contribution in [0.25, 0.3) is 0 Å². The quantitative estimate of drug-likeness (QED) is 0.304. The number of nitrogens with two attached hydrogens (primary N) is 1. The molecule has 4 atom stereocenters. The van der Waals surface area contributed by atoms with Gasteiger partial charge >= 0.3 is 6.03 Å². The second-order valence-electron chi connectivity index (χ2n) is 10.7. The third-order valence-electron chi connectivity index (χ3n) is 7.38. The number of rotatable bonds is 12. The third-order valence-corrected chi connectivity index (χ3v) is 7.38. The van der Waals surface area contributed by atoms with Crippen LogP contribution >= 0.6 is 0 Å². The van der Waals surface area contributed by atoms with E-state index in [2.05, 4.69) is 16.0 Å². The highest BCUT2D eigenvalue weighted by Crippen LogP contribution is 2.31. The van der Waals surface area contributed by atoms with Crippen molar-refractivity contribution in [3.05, 3.63) is 0 Å². The molecule has 198 valence electrons. The SMILES string of the molecule is CC(C)C(C)NC(=O)NC(C(=O)N1CCCC1C(=O)NC(CCC1CCC1)C(=O)C(N)=O)C(C)C. The lowest BCUT2D eigenvalue weighted by Gasteiger charge is -2.32. The summed E-state index contributed by atoms with van der Waals surface area (Å²) in [7, 11) is 0. The standard InChI is InChI=1S/C25H43N5O5/c1-14(2)16(5)27-25(35)29-20(15(3)4)24(34)30-13-7-10-19(30)23(33)28-18(21(31)22(26)32)12-11-17-8-6-9-17/h14-20H,6-13H2,1-5H3,(H2,26,32)(H,28,33)(H2,27,29,35). The molecule has 5 amide bonds. The predicted octanol–water partition coefficient (Wildman–Crippen LogP) is 1.47. The first-order chi connectivity index (χ1) is 16.4. The monoisotopic (exact) mass is 493 g/mol. The van der Waals surface area contributed by atoms with E-state index in [0.29, 0.717) is 31.7 Å².